The van der Waals surface area contributed by atoms with Gasteiger partial charge >= 0.3 is 0 Å². The first-order valence-corrected chi connectivity index (χ1v) is 16.5. The molecular weight excluding hydrogens is 640 g/mol. The first-order valence-electron chi connectivity index (χ1n) is 16.1. The summed E-state index contributed by atoms with van der Waals surface area (Å²) in [6, 6.07) is 2.26. The lowest BCUT2D eigenvalue weighted by molar-refractivity contribution is -0.136. The van der Waals surface area contributed by atoms with Gasteiger partial charge in [-0.3, -0.25) is 4.79 Å². The van der Waals surface area contributed by atoms with Crippen LogP contribution in [0.4, 0.5) is 14.7 Å². The SMILES string of the molecule is O=C(Cc1c(F)cc(OCCC2CCC23CCN(c2ncc(Cl)cn2)CC3)cc1F)N1CC(CNCC(O)C(O)C(O)C(O)CO)C1. The van der Waals surface area contributed by atoms with Gasteiger partial charge in [-0.25, -0.2) is 18.7 Å². The second-order valence-electron chi connectivity index (χ2n) is 13.1. The molecule has 1 aromatic carbocycles. The number of piperidine rings is 1. The third kappa shape index (κ3) is 8.48. The van der Waals surface area contributed by atoms with Crippen LogP contribution in [0.2, 0.25) is 5.02 Å². The Morgan fingerprint density at radius 2 is 1.68 bits per heavy atom. The molecule has 3 fully saturated rings. The van der Waals surface area contributed by atoms with Crippen LogP contribution in [0.25, 0.3) is 0 Å². The predicted octanol–water partition coefficient (Wildman–Crippen LogP) is 0.900. The molecule has 6 N–H and O–H groups in total. The molecule has 1 spiro atoms. The van der Waals surface area contributed by atoms with Gasteiger partial charge < -0.3 is 45.4 Å². The van der Waals surface area contributed by atoms with Gasteiger partial charge in [0, 0.05) is 62.9 Å². The Balaban J connectivity index is 1.00. The maximum absolute atomic E-state index is 14.9. The average molecular weight is 684 g/mol. The van der Waals surface area contributed by atoms with Crippen molar-refractivity contribution in [2.75, 3.05) is 57.4 Å². The summed E-state index contributed by atoms with van der Waals surface area (Å²) in [6.07, 6.45) is 1.55. The standard InChI is InChI=1S/C32H44ClF2N5O7/c33-21-13-37-31(38-14-21)39-6-4-32(5-7-39)3-1-20(32)2-8-47-22-9-24(34)23(25(35)10-22)11-28(44)40-16-19(17-40)12-36-15-26(42)29(45)30(46)27(43)18-41/h9-10,13-14,19-20,26-27,29-30,36,41-43,45-46H,1-8,11-12,15-18H2. The summed E-state index contributed by atoms with van der Waals surface area (Å²) in [5.74, 6) is -0.773. The monoisotopic (exact) mass is 683 g/mol. The fraction of sp³-hybridized carbons (Fsp3) is 0.656. The van der Waals surface area contributed by atoms with Gasteiger partial charge in [-0.1, -0.05) is 11.6 Å². The van der Waals surface area contributed by atoms with Crippen LogP contribution in [0, 0.1) is 28.9 Å². The van der Waals surface area contributed by atoms with E-state index in [0.717, 1.165) is 57.3 Å². The van der Waals surface area contributed by atoms with Crippen molar-refractivity contribution in [3.05, 3.63) is 46.7 Å². The van der Waals surface area contributed by atoms with E-state index in [0.29, 0.717) is 43.1 Å². The number of aromatic nitrogens is 2. The van der Waals surface area contributed by atoms with Gasteiger partial charge in [-0.05, 0) is 43.4 Å². The summed E-state index contributed by atoms with van der Waals surface area (Å²) >= 11 is 5.91. The molecule has 47 heavy (non-hydrogen) atoms. The highest BCUT2D eigenvalue weighted by atomic mass is 35.5. The number of rotatable bonds is 15. The number of amides is 1. The zero-order valence-electron chi connectivity index (χ0n) is 26.1. The van der Waals surface area contributed by atoms with Crippen molar-refractivity contribution >= 4 is 23.5 Å². The molecule has 5 unspecified atom stereocenters. The molecule has 0 radical (unpaired) electrons. The third-order valence-corrected chi connectivity index (χ3v) is 10.3. The minimum absolute atomic E-state index is 0.0292. The van der Waals surface area contributed by atoms with Crippen molar-refractivity contribution in [3.63, 3.8) is 0 Å². The summed E-state index contributed by atoms with van der Waals surface area (Å²) in [4.78, 5) is 25.0. The third-order valence-electron chi connectivity index (χ3n) is 10.1. The number of carbonyl (C=O) groups is 1. The highest BCUT2D eigenvalue weighted by Crippen LogP contribution is 2.55. The molecule has 1 aliphatic carbocycles. The van der Waals surface area contributed by atoms with Gasteiger partial charge in [-0.15, -0.1) is 0 Å². The van der Waals surface area contributed by atoms with Gasteiger partial charge in [-0.2, -0.15) is 0 Å². The summed E-state index contributed by atoms with van der Waals surface area (Å²) < 4.78 is 35.6. The van der Waals surface area contributed by atoms with E-state index in [1.807, 2.05) is 0 Å². The van der Waals surface area contributed by atoms with Crippen molar-refractivity contribution in [3.8, 4) is 5.75 Å². The van der Waals surface area contributed by atoms with Crippen molar-refractivity contribution in [2.45, 2.75) is 62.9 Å². The predicted molar refractivity (Wildman–Crippen MR) is 168 cm³/mol. The summed E-state index contributed by atoms with van der Waals surface area (Å²) in [5, 5.41) is 51.2. The lowest BCUT2D eigenvalue weighted by atomic mass is 9.55. The van der Waals surface area contributed by atoms with Gasteiger partial charge in [0.15, 0.2) is 0 Å². The van der Waals surface area contributed by atoms with Crippen LogP contribution in [0.1, 0.15) is 37.7 Å². The van der Waals surface area contributed by atoms with Gasteiger partial charge in [0.2, 0.25) is 11.9 Å². The van der Waals surface area contributed by atoms with Gasteiger partial charge in [0.1, 0.15) is 35.7 Å². The topological polar surface area (TPSA) is 172 Å². The van der Waals surface area contributed by atoms with Crippen LogP contribution in [0.3, 0.4) is 0 Å². The Kier molecular flexibility index (Phi) is 11.9. The van der Waals surface area contributed by atoms with E-state index in [1.54, 1.807) is 12.4 Å². The quantitative estimate of drug-likeness (QED) is 0.158. The number of hydrogen-bond donors (Lipinski definition) is 6. The van der Waals surface area contributed by atoms with Crippen LogP contribution in [-0.2, 0) is 11.2 Å². The van der Waals surface area contributed by atoms with Gasteiger partial charge in [0.25, 0.3) is 0 Å². The largest absolute Gasteiger partial charge is 0.493 e. The fourth-order valence-corrected chi connectivity index (χ4v) is 7.02. The second kappa shape index (κ2) is 15.7. The lowest BCUT2D eigenvalue weighted by Crippen LogP contribution is -2.55. The van der Waals surface area contributed by atoms with Crippen molar-refractivity contribution < 1.29 is 43.8 Å². The molecule has 3 aliphatic rings. The average Bonchev–Trinajstić information content (AvgIpc) is 3.04. The molecule has 5 rings (SSSR count). The lowest BCUT2D eigenvalue weighted by Gasteiger charge is -2.54. The molecular formula is C32H44ClF2N5O7. The second-order valence-corrected chi connectivity index (χ2v) is 13.5. The Morgan fingerprint density at radius 3 is 2.28 bits per heavy atom. The highest BCUT2D eigenvalue weighted by molar-refractivity contribution is 6.30. The van der Waals surface area contributed by atoms with Gasteiger partial charge in [0.05, 0.1) is 43.2 Å². The smallest absolute Gasteiger partial charge is 0.227 e. The molecule has 2 saturated heterocycles. The zero-order valence-corrected chi connectivity index (χ0v) is 26.9. The maximum atomic E-state index is 14.9. The molecule has 0 bridgehead atoms. The van der Waals surface area contributed by atoms with E-state index in [4.69, 9.17) is 21.4 Å². The minimum atomic E-state index is -1.71. The van der Waals surface area contributed by atoms with E-state index in [1.165, 1.54) is 4.90 Å². The highest BCUT2D eigenvalue weighted by Gasteiger charge is 2.48. The number of aliphatic hydroxyl groups excluding tert-OH is 5. The molecule has 1 saturated carbocycles. The van der Waals surface area contributed by atoms with E-state index >= 15 is 0 Å². The van der Waals surface area contributed by atoms with Crippen molar-refractivity contribution in [2.24, 2.45) is 17.3 Å². The Hall–Kier alpha value is -2.72. The number of nitrogens with one attached hydrogen (secondary N) is 1. The fourth-order valence-electron chi connectivity index (χ4n) is 6.92. The van der Waals surface area contributed by atoms with Crippen LogP contribution in [0.15, 0.2) is 24.5 Å². The molecule has 12 nitrogen and oxygen atoms in total. The van der Waals surface area contributed by atoms with Crippen LogP contribution in [-0.4, -0.2) is 123 Å². The van der Waals surface area contributed by atoms with E-state index < -0.39 is 55.0 Å². The number of ether oxygens (including phenoxy) is 1. The maximum Gasteiger partial charge on any atom is 0.227 e. The van der Waals surface area contributed by atoms with E-state index in [9.17, 15) is 34.0 Å². The number of benzene rings is 1. The van der Waals surface area contributed by atoms with Crippen LogP contribution < -0.4 is 15.0 Å². The first kappa shape index (κ1) is 35.6. The number of anilines is 1. The number of nitrogens with zero attached hydrogens (tertiary/aromatic N) is 4. The summed E-state index contributed by atoms with van der Waals surface area (Å²) in [7, 11) is 0. The molecule has 2 aromatic rings. The zero-order chi connectivity index (χ0) is 33.7. The molecule has 1 aromatic heterocycles. The Morgan fingerprint density at radius 1 is 1.04 bits per heavy atom. The molecule has 15 heteroatoms. The molecule has 260 valence electrons. The normalized spacial score (nSPS) is 21.9. The minimum Gasteiger partial charge on any atom is -0.493 e. The molecule has 5 atom stereocenters. The summed E-state index contributed by atoms with van der Waals surface area (Å²) in [5.41, 5.74) is -0.0591. The molecule has 1 amide bonds. The summed E-state index contributed by atoms with van der Waals surface area (Å²) in [6.45, 7) is 2.33. The van der Waals surface area contributed by atoms with E-state index in [-0.39, 0.29) is 29.2 Å². The molecule has 2 aliphatic heterocycles. The Labute approximate surface area is 277 Å². The number of aliphatic hydroxyl groups is 5. The van der Waals surface area contributed by atoms with Crippen LogP contribution in [0.5, 0.6) is 5.75 Å². The molecule has 3 heterocycles. The number of halogens is 3. The number of carbonyl (C=O) groups excluding carboxylic acids is 1. The first-order chi connectivity index (χ1) is 22.5. The van der Waals surface area contributed by atoms with Crippen molar-refractivity contribution in [1.29, 1.82) is 0 Å². The van der Waals surface area contributed by atoms with E-state index in [2.05, 4.69) is 20.2 Å². The van der Waals surface area contributed by atoms with Crippen LogP contribution >= 0.6 is 11.6 Å². The number of hydrogen-bond acceptors (Lipinski definition) is 11. The number of likely N-dealkylation sites (tertiary alicyclic amines) is 1. The Bertz CT molecular complexity index is 1320. The van der Waals surface area contributed by atoms with Crippen molar-refractivity contribution in [1.82, 2.24) is 20.2 Å².